The van der Waals surface area contributed by atoms with E-state index < -0.39 is 22.6 Å². The predicted octanol–water partition coefficient (Wildman–Crippen LogP) is 0.304. The van der Waals surface area contributed by atoms with Gasteiger partial charge in [0.25, 0.3) is 0 Å². The van der Waals surface area contributed by atoms with Crippen molar-refractivity contribution in [1.29, 1.82) is 0 Å². The van der Waals surface area contributed by atoms with Crippen LogP contribution < -0.4 is 0 Å². The summed E-state index contributed by atoms with van der Waals surface area (Å²) in [6.45, 7) is 3.22. The van der Waals surface area contributed by atoms with E-state index in [9.17, 15) is 8.42 Å². The fourth-order valence-electron chi connectivity index (χ4n) is 1.17. The Morgan fingerprint density at radius 3 is 2.00 bits per heavy atom. The summed E-state index contributed by atoms with van der Waals surface area (Å²) in [6, 6.07) is 0. The first-order valence-electron chi connectivity index (χ1n) is 3.54. The summed E-state index contributed by atoms with van der Waals surface area (Å²) in [5.74, 6) is 2.12. The van der Waals surface area contributed by atoms with Gasteiger partial charge in [0, 0.05) is 0 Å². The fraction of sp³-hybridized carbons (Fsp3) is 0.714. The smallest absolute Gasteiger partial charge is 0.244 e. The van der Waals surface area contributed by atoms with Crippen molar-refractivity contribution in [2.24, 2.45) is 5.92 Å². The fourth-order valence-corrected chi connectivity index (χ4v) is 2.20. The molecule has 0 radical (unpaired) electrons. The molecule has 0 bridgehead atoms. The van der Waals surface area contributed by atoms with E-state index in [1.54, 1.807) is 13.8 Å². The molecule has 1 aliphatic rings. The Labute approximate surface area is 72.2 Å². The van der Waals surface area contributed by atoms with Crippen molar-refractivity contribution in [3.05, 3.63) is 0 Å². The Morgan fingerprint density at radius 2 is 1.67 bits per heavy atom. The highest BCUT2D eigenvalue weighted by molar-refractivity contribution is 7.81. The number of hydrogen-bond acceptors (Lipinski definition) is 4. The lowest BCUT2D eigenvalue weighted by atomic mass is 9.99. The SMILES string of the molecule is C#CC1C(C)OS(=O)(=O)OC1C. The largest absolute Gasteiger partial charge is 0.400 e. The van der Waals surface area contributed by atoms with Crippen LogP contribution in [0.3, 0.4) is 0 Å². The van der Waals surface area contributed by atoms with E-state index in [1.165, 1.54) is 0 Å². The Balaban J connectivity index is 2.86. The zero-order chi connectivity index (χ0) is 9.35. The van der Waals surface area contributed by atoms with Crippen LogP contribution in [0.1, 0.15) is 13.8 Å². The summed E-state index contributed by atoms with van der Waals surface area (Å²) in [4.78, 5) is 0. The van der Waals surface area contributed by atoms with E-state index in [2.05, 4.69) is 14.3 Å². The Kier molecular flexibility index (Phi) is 2.42. The molecular formula is C7H10O4S. The van der Waals surface area contributed by atoms with Crippen LogP contribution in [0, 0.1) is 18.3 Å². The van der Waals surface area contributed by atoms with Crippen molar-refractivity contribution in [2.45, 2.75) is 26.1 Å². The lowest BCUT2D eigenvalue weighted by Gasteiger charge is -2.29. The standard InChI is InChI=1S/C7H10O4S/c1-4-7-5(2)10-12(8,9)11-6(7)3/h1,5-7H,2-3H3. The van der Waals surface area contributed by atoms with Crippen LogP contribution in [-0.2, 0) is 18.8 Å². The normalized spacial score (nSPS) is 40.2. The van der Waals surface area contributed by atoms with E-state index in [-0.39, 0.29) is 5.92 Å². The first kappa shape index (κ1) is 9.52. The molecule has 0 N–H and O–H groups in total. The second-order valence-corrected chi connectivity index (χ2v) is 3.90. The number of rotatable bonds is 0. The van der Waals surface area contributed by atoms with Gasteiger partial charge in [-0.2, -0.15) is 8.42 Å². The van der Waals surface area contributed by atoms with Crippen molar-refractivity contribution < 1.29 is 16.8 Å². The summed E-state index contributed by atoms with van der Waals surface area (Å²) in [5.41, 5.74) is 0. The molecule has 0 spiro atoms. The molecule has 1 rings (SSSR count). The third-order valence-electron chi connectivity index (χ3n) is 1.74. The van der Waals surface area contributed by atoms with Gasteiger partial charge < -0.3 is 0 Å². The monoisotopic (exact) mass is 190 g/mol. The summed E-state index contributed by atoms with van der Waals surface area (Å²) in [5, 5.41) is 0. The highest BCUT2D eigenvalue weighted by atomic mass is 32.3. The zero-order valence-corrected chi connectivity index (χ0v) is 7.67. The summed E-state index contributed by atoms with van der Waals surface area (Å²) < 4.78 is 30.7. The molecule has 0 aliphatic carbocycles. The van der Waals surface area contributed by atoms with Crippen LogP contribution in [0.15, 0.2) is 0 Å². The van der Waals surface area contributed by atoms with Gasteiger partial charge in [-0.15, -0.1) is 6.42 Å². The maximum Gasteiger partial charge on any atom is 0.400 e. The molecule has 2 atom stereocenters. The maximum absolute atomic E-state index is 10.8. The van der Waals surface area contributed by atoms with Gasteiger partial charge in [-0.1, -0.05) is 5.92 Å². The summed E-state index contributed by atoms with van der Waals surface area (Å²) in [6.07, 6.45) is 4.15. The van der Waals surface area contributed by atoms with Crippen LogP contribution in [0.5, 0.6) is 0 Å². The molecule has 12 heavy (non-hydrogen) atoms. The topological polar surface area (TPSA) is 52.6 Å². The van der Waals surface area contributed by atoms with Crippen molar-refractivity contribution >= 4 is 10.4 Å². The van der Waals surface area contributed by atoms with Gasteiger partial charge in [-0.3, -0.25) is 0 Å². The first-order chi connectivity index (χ1) is 5.46. The van der Waals surface area contributed by atoms with E-state index >= 15 is 0 Å². The zero-order valence-electron chi connectivity index (χ0n) is 6.85. The van der Waals surface area contributed by atoms with E-state index in [0.29, 0.717) is 0 Å². The Hall–Kier alpha value is -0.570. The van der Waals surface area contributed by atoms with E-state index in [1.807, 2.05) is 0 Å². The van der Waals surface area contributed by atoms with Gasteiger partial charge in [0.1, 0.15) is 0 Å². The minimum atomic E-state index is -3.82. The van der Waals surface area contributed by atoms with Crippen molar-refractivity contribution in [1.82, 2.24) is 0 Å². The summed E-state index contributed by atoms with van der Waals surface area (Å²) in [7, 11) is -3.82. The van der Waals surface area contributed by atoms with Crippen molar-refractivity contribution in [3.8, 4) is 12.3 Å². The van der Waals surface area contributed by atoms with Crippen LogP contribution >= 0.6 is 0 Å². The molecule has 0 aromatic heterocycles. The molecule has 1 heterocycles. The second-order valence-electron chi connectivity index (χ2n) is 2.70. The predicted molar refractivity (Wildman–Crippen MR) is 42.3 cm³/mol. The molecule has 1 saturated heterocycles. The molecule has 1 fully saturated rings. The highest BCUT2D eigenvalue weighted by Crippen LogP contribution is 2.24. The van der Waals surface area contributed by atoms with Crippen molar-refractivity contribution in [3.63, 3.8) is 0 Å². The molecule has 5 heteroatoms. The van der Waals surface area contributed by atoms with Gasteiger partial charge in [-0.25, -0.2) is 8.37 Å². The molecule has 0 aromatic carbocycles. The molecule has 0 amide bonds. The molecule has 2 unspecified atom stereocenters. The minimum absolute atomic E-state index is 0.312. The average molecular weight is 190 g/mol. The van der Waals surface area contributed by atoms with Gasteiger partial charge in [0.2, 0.25) is 0 Å². The number of terminal acetylenes is 1. The van der Waals surface area contributed by atoms with Crippen LogP contribution in [0.4, 0.5) is 0 Å². The third kappa shape index (κ3) is 1.78. The van der Waals surface area contributed by atoms with Gasteiger partial charge in [0.05, 0.1) is 18.1 Å². The minimum Gasteiger partial charge on any atom is -0.244 e. The first-order valence-corrected chi connectivity index (χ1v) is 4.87. The molecule has 68 valence electrons. The van der Waals surface area contributed by atoms with Crippen molar-refractivity contribution in [2.75, 3.05) is 0 Å². The second kappa shape index (κ2) is 3.05. The molecule has 0 aromatic rings. The Morgan fingerprint density at radius 1 is 1.25 bits per heavy atom. The van der Waals surface area contributed by atoms with Crippen LogP contribution in [-0.4, -0.2) is 20.6 Å². The van der Waals surface area contributed by atoms with Gasteiger partial charge in [-0.05, 0) is 13.8 Å². The van der Waals surface area contributed by atoms with E-state index in [4.69, 9.17) is 6.42 Å². The van der Waals surface area contributed by atoms with Crippen LogP contribution in [0.25, 0.3) is 0 Å². The molecular weight excluding hydrogens is 180 g/mol. The van der Waals surface area contributed by atoms with Gasteiger partial charge >= 0.3 is 10.4 Å². The highest BCUT2D eigenvalue weighted by Gasteiger charge is 2.36. The van der Waals surface area contributed by atoms with Gasteiger partial charge in [0.15, 0.2) is 0 Å². The average Bonchev–Trinajstić information content (AvgIpc) is 1.82. The third-order valence-corrected chi connectivity index (χ3v) is 2.82. The lowest BCUT2D eigenvalue weighted by molar-refractivity contribution is 0.0254. The molecule has 1 aliphatic heterocycles. The van der Waals surface area contributed by atoms with Crippen LogP contribution in [0.2, 0.25) is 0 Å². The quantitative estimate of drug-likeness (QED) is 0.516. The van der Waals surface area contributed by atoms with E-state index in [0.717, 1.165) is 0 Å². The maximum atomic E-state index is 10.8. The molecule has 4 nitrogen and oxygen atoms in total. The molecule has 0 saturated carbocycles. The lowest BCUT2D eigenvalue weighted by Crippen LogP contribution is -2.40. The number of hydrogen-bond donors (Lipinski definition) is 0. The summed E-state index contributed by atoms with van der Waals surface area (Å²) >= 11 is 0. The Bertz CT molecular complexity index is 282.